The molecule has 1 fully saturated rings. The van der Waals surface area contributed by atoms with Crippen molar-refractivity contribution in [3.63, 3.8) is 0 Å². The molecule has 3 amide bonds. The number of aromatic nitrogens is 1. The number of amides is 3. The summed E-state index contributed by atoms with van der Waals surface area (Å²) in [6, 6.07) is 2.56. The van der Waals surface area contributed by atoms with Gasteiger partial charge in [-0.3, -0.25) is 14.4 Å². The van der Waals surface area contributed by atoms with E-state index in [-0.39, 0.29) is 30.1 Å². The second kappa shape index (κ2) is 6.64. The van der Waals surface area contributed by atoms with E-state index in [9.17, 15) is 14.4 Å². The van der Waals surface area contributed by atoms with Crippen LogP contribution in [0.2, 0.25) is 0 Å². The zero-order valence-electron chi connectivity index (χ0n) is 13.5. The summed E-state index contributed by atoms with van der Waals surface area (Å²) in [6.45, 7) is 2.23. The van der Waals surface area contributed by atoms with Gasteiger partial charge in [-0.1, -0.05) is 0 Å². The molecule has 0 bridgehead atoms. The molecule has 8 heteroatoms. The van der Waals surface area contributed by atoms with E-state index in [1.807, 2.05) is 0 Å². The summed E-state index contributed by atoms with van der Waals surface area (Å²) in [5.41, 5.74) is 6.05. The van der Waals surface area contributed by atoms with E-state index in [1.165, 1.54) is 22.9 Å². The van der Waals surface area contributed by atoms with Gasteiger partial charge in [0.25, 0.3) is 5.91 Å². The molecule has 1 unspecified atom stereocenters. The highest BCUT2D eigenvalue weighted by atomic mass is 16.2. The molecule has 2 N–H and O–H groups in total. The maximum absolute atomic E-state index is 12.6. The Labute approximate surface area is 134 Å². The molecule has 0 aromatic carbocycles. The number of nitrogens with two attached hydrogens (primary N) is 1. The molecule has 8 nitrogen and oxygen atoms in total. The van der Waals surface area contributed by atoms with Crippen molar-refractivity contribution in [3.05, 3.63) is 23.9 Å². The predicted octanol–water partition coefficient (Wildman–Crippen LogP) is -0.575. The number of likely N-dealkylation sites (N-methyl/N-ethyl adjacent to an activating group) is 1. The fourth-order valence-corrected chi connectivity index (χ4v) is 2.62. The number of anilines is 1. The molecule has 1 aliphatic heterocycles. The van der Waals surface area contributed by atoms with Crippen molar-refractivity contribution in [2.24, 2.45) is 0 Å². The summed E-state index contributed by atoms with van der Waals surface area (Å²) in [7, 11) is 3.25. The van der Waals surface area contributed by atoms with Gasteiger partial charge in [0.1, 0.15) is 11.9 Å². The number of nitrogens with zero attached hydrogens (tertiary/aromatic N) is 4. The zero-order valence-corrected chi connectivity index (χ0v) is 13.5. The highest BCUT2D eigenvalue weighted by Crippen LogP contribution is 2.17. The summed E-state index contributed by atoms with van der Waals surface area (Å²) >= 11 is 0. The van der Waals surface area contributed by atoms with Crippen molar-refractivity contribution in [1.82, 2.24) is 19.7 Å². The van der Waals surface area contributed by atoms with Gasteiger partial charge in [-0.2, -0.15) is 0 Å². The summed E-state index contributed by atoms with van der Waals surface area (Å²) in [4.78, 5) is 45.1. The lowest BCUT2D eigenvalue weighted by Gasteiger charge is -2.41. The largest absolute Gasteiger partial charge is 0.383 e. The average Bonchev–Trinajstić information content (AvgIpc) is 2.53. The van der Waals surface area contributed by atoms with Crippen molar-refractivity contribution < 1.29 is 14.4 Å². The summed E-state index contributed by atoms with van der Waals surface area (Å²) < 4.78 is 0. The molecule has 1 aromatic rings. The molecule has 23 heavy (non-hydrogen) atoms. The minimum atomic E-state index is -0.682. The molecule has 2 rings (SSSR count). The number of hydrogen-bond donors (Lipinski definition) is 1. The first-order valence-corrected chi connectivity index (χ1v) is 7.31. The predicted molar refractivity (Wildman–Crippen MR) is 84.4 cm³/mol. The van der Waals surface area contributed by atoms with Gasteiger partial charge in [0.2, 0.25) is 11.8 Å². The van der Waals surface area contributed by atoms with Gasteiger partial charge >= 0.3 is 0 Å². The highest BCUT2D eigenvalue weighted by Gasteiger charge is 2.36. The molecular formula is C15H21N5O3. The first-order chi connectivity index (χ1) is 10.8. The maximum Gasteiger partial charge on any atom is 0.257 e. The molecule has 0 radical (unpaired) electrons. The first-order valence-electron chi connectivity index (χ1n) is 7.31. The lowest BCUT2D eigenvalue weighted by Crippen LogP contribution is -2.61. The van der Waals surface area contributed by atoms with Crippen LogP contribution in [0.3, 0.4) is 0 Å². The fourth-order valence-electron chi connectivity index (χ4n) is 2.62. The van der Waals surface area contributed by atoms with Gasteiger partial charge in [0.05, 0.1) is 12.1 Å². The third-order valence-electron chi connectivity index (χ3n) is 3.87. The van der Waals surface area contributed by atoms with E-state index in [0.29, 0.717) is 18.7 Å². The van der Waals surface area contributed by atoms with Gasteiger partial charge in [-0.15, -0.1) is 0 Å². The minimum Gasteiger partial charge on any atom is -0.383 e. The Morgan fingerprint density at radius 2 is 2.00 bits per heavy atom. The number of hydrogen-bond acceptors (Lipinski definition) is 5. The second-order valence-electron chi connectivity index (χ2n) is 5.65. The van der Waals surface area contributed by atoms with Gasteiger partial charge in [-0.05, 0) is 12.1 Å². The number of pyridine rings is 1. The normalized spacial score (nSPS) is 17.8. The molecule has 0 aliphatic carbocycles. The van der Waals surface area contributed by atoms with Crippen LogP contribution in [0.25, 0.3) is 0 Å². The molecule has 1 aliphatic rings. The first kappa shape index (κ1) is 16.7. The van der Waals surface area contributed by atoms with E-state index >= 15 is 0 Å². The average molecular weight is 319 g/mol. The van der Waals surface area contributed by atoms with Crippen LogP contribution in [0, 0.1) is 0 Å². The van der Waals surface area contributed by atoms with Crippen LogP contribution < -0.4 is 5.73 Å². The van der Waals surface area contributed by atoms with Crippen molar-refractivity contribution in [2.45, 2.75) is 13.0 Å². The van der Waals surface area contributed by atoms with Crippen LogP contribution in [0.5, 0.6) is 0 Å². The Bertz CT molecular complexity index is 631. The van der Waals surface area contributed by atoms with Gasteiger partial charge in [0.15, 0.2) is 0 Å². The third kappa shape index (κ3) is 3.41. The van der Waals surface area contributed by atoms with Crippen LogP contribution in [0.4, 0.5) is 5.82 Å². The van der Waals surface area contributed by atoms with E-state index in [1.54, 1.807) is 31.1 Å². The second-order valence-corrected chi connectivity index (χ2v) is 5.65. The van der Waals surface area contributed by atoms with Crippen LogP contribution in [-0.4, -0.2) is 77.2 Å². The summed E-state index contributed by atoms with van der Waals surface area (Å²) in [5, 5.41) is 0. The number of nitrogen functional groups attached to an aromatic ring is 1. The van der Waals surface area contributed by atoms with E-state index in [2.05, 4.69) is 4.98 Å². The Kier molecular flexibility index (Phi) is 4.83. The van der Waals surface area contributed by atoms with Gasteiger partial charge in [-0.25, -0.2) is 4.98 Å². The number of piperazine rings is 1. The van der Waals surface area contributed by atoms with Crippen molar-refractivity contribution in [1.29, 1.82) is 0 Å². The van der Waals surface area contributed by atoms with E-state index < -0.39 is 6.04 Å². The third-order valence-corrected chi connectivity index (χ3v) is 3.87. The minimum absolute atomic E-state index is 0.143. The van der Waals surface area contributed by atoms with Crippen LogP contribution in [0.15, 0.2) is 18.3 Å². The monoisotopic (exact) mass is 319 g/mol. The number of rotatable bonds is 2. The van der Waals surface area contributed by atoms with Gasteiger partial charge < -0.3 is 20.4 Å². The standard InChI is InChI=1S/C15H21N5O3/c1-10(21)20-8-7-19(9-12(20)15(23)18(2)3)14(22)11-5-4-6-17-13(11)16/h4-6,12H,7-9H2,1-3H3,(H2,16,17). The molecular weight excluding hydrogens is 298 g/mol. The SMILES string of the molecule is CC(=O)N1CCN(C(=O)c2cccnc2N)CC1C(=O)N(C)C. The number of carbonyl (C=O) groups excluding carboxylic acids is 3. The quantitative estimate of drug-likeness (QED) is 0.786. The molecule has 124 valence electrons. The number of carbonyl (C=O) groups is 3. The Hall–Kier alpha value is -2.64. The molecule has 1 aromatic heterocycles. The molecule has 1 saturated heterocycles. The van der Waals surface area contributed by atoms with Crippen molar-refractivity contribution in [3.8, 4) is 0 Å². The summed E-state index contributed by atoms with van der Waals surface area (Å²) in [5.74, 6) is -0.521. The fraction of sp³-hybridized carbons (Fsp3) is 0.467. The maximum atomic E-state index is 12.6. The van der Waals surface area contributed by atoms with Crippen molar-refractivity contribution in [2.75, 3.05) is 39.5 Å². The van der Waals surface area contributed by atoms with Crippen LogP contribution in [-0.2, 0) is 9.59 Å². The van der Waals surface area contributed by atoms with Crippen molar-refractivity contribution >= 4 is 23.5 Å². The van der Waals surface area contributed by atoms with Gasteiger partial charge in [0, 0.05) is 40.3 Å². The zero-order chi connectivity index (χ0) is 17.1. The van der Waals surface area contributed by atoms with E-state index in [0.717, 1.165) is 0 Å². The highest BCUT2D eigenvalue weighted by molar-refractivity contribution is 5.99. The Morgan fingerprint density at radius 1 is 1.30 bits per heavy atom. The lowest BCUT2D eigenvalue weighted by molar-refractivity contribution is -0.146. The Balaban J connectivity index is 2.23. The lowest BCUT2D eigenvalue weighted by atomic mass is 10.1. The molecule has 0 spiro atoms. The smallest absolute Gasteiger partial charge is 0.257 e. The van der Waals surface area contributed by atoms with Crippen LogP contribution in [0.1, 0.15) is 17.3 Å². The topological polar surface area (TPSA) is 99.8 Å². The Morgan fingerprint density at radius 3 is 2.57 bits per heavy atom. The molecule has 2 heterocycles. The van der Waals surface area contributed by atoms with E-state index in [4.69, 9.17) is 5.73 Å². The van der Waals surface area contributed by atoms with Crippen LogP contribution >= 0.6 is 0 Å². The summed E-state index contributed by atoms with van der Waals surface area (Å²) in [6.07, 6.45) is 1.51. The molecule has 1 atom stereocenters. The molecule has 0 saturated carbocycles.